The highest BCUT2D eigenvalue weighted by Crippen LogP contribution is 2.22. The van der Waals surface area contributed by atoms with Crippen molar-refractivity contribution in [2.24, 2.45) is 5.84 Å². The van der Waals surface area contributed by atoms with Crippen LogP contribution in [0.25, 0.3) is 0 Å². The van der Waals surface area contributed by atoms with Gasteiger partial charge in [0.15, 0.2) is 0 Å². The maximum atomic E-state index is 5.62. The Balaban J connectivity index is 2.68. The molecule has 0 aliphatic rings. The van der Waals surface area contributed by atoms with Gasteiger partial charge >= 0.3 is 0 Å². The topological polar surface area (TPSA) is 47.3 Å². The zero-order valence-corrected chi connectivity index (χ0v) is 11.2. The summed E-state index contributed by atoms with van der Waals surface area (Å²) < 4.78 is 5.62. The monoisotopic (exact) mass is 246 g/mol. The molecule has 0 spiro atoms. The molecule has 0 fully saturated rings. The highest BCUT2D eigenvalue weighted by atomic mass is 16.5. The highest BCUT2D eigenvalue weighted by molar-refractivity contribution is 5.30. The van der Waals surface area contributed by atoms with Gasteiger partial charge in [-0.2, -0.15) is 0 Å². The van der Waals surface area contributed by atoms with Crippen molar-refractivity contribution in [2.45, 2.75) is 39.2 Å². The van der Waals surface area contributed by atoms with Crippen LogP contribution in [0, 0.1) is 11.8 Å². The van der Waals surface area contributed by atoms with E-state index in [0.717, 1.165) is 37.2 Å². The second kappa shape index (κ2) is 8.57. The maximum absolute atomic E-state index is 5.62. The molecule has 0 amide bonds. The summed E-state index contributed by atoms with van der Waals surface area (Å²) in [6, 6.07) is 8.19. The van der Waals surface area contributed by atoms with Crippen molar-refractivity contribution in [1.82, 2.24) is 5.43 Å². The standard InChI is InChI=1S/C15H22N2O/c1-3-5-6-10-15(17-16)13-8-7-9-14(12-13)18-11-4-2/h7-9,12,15,17H,4,6,10-11,16H2,1-2H3. The van der Waals surface area contributed by atoms with Crippen molar-refractivity contribution < 1.29 is 4.74 Å². The Hall–Kier alpha value is -1.50. The van der Waals surface area contributed by atoms with Gasteiger partial charge in [-0.1, -0.05) is 19.1 Å². The summed E-state index contributed by atoms with van der Waals surface area (Å²) in [5.74, 6) is 12.4. The summed E-state index contributed by atoms with van der Waals surface area (Å²) in [5, 5.41) is 0. The number of rotatable bonds is 7. The Labute approximate surface area is 110 Å². The van der Waals surface area contributed by atoms with E-state index in [4.69, 9.17) is 10.6 Å². The first-order valence-electron chi connectivity index (χ1n) is 6.40. The minimum Gasteiger partial charge on any atom is -0.494 e. The molecule has 0 aliphatic carbocycles. The molecule has 1 rings (SSSR count). The van der Waals surface area contributed by atoms with E-state index in [-0.39, 0.29) is 6.04 Å². The third-order valence-electron chi connectivity index (χ3n) is 2.67. The minimum absolute atomic E-state index is 0.121. The van der Waals surface area contributed by atoms with Gasteiger partial charge in [-0.3, -0.25) is 11.3 Å². The van der Waals surface area contributed by atoms with Crippen LogP contribution in [0.5, 0.6) is 5.75 Å². The number of hydrazine groups is 1. The van der Waals surface area contributed by atoms with Crippen molar-refractivity contribution in [3.8, 4) is 17.6 Å². The fraction of sp³-hybridized carbons (Fsp3) is 0.467. The summed E-state index contributed by atoms with van der Waals surface area (Å²) in [7, 11) is 0. The molecular formula is C15H22N2O. The van der Waals surface area contributed by atoms with Gasteiger partial charge in [0.05, 0.1) is 6.61 Å². The van der Waals surface area contributed by atoms with Gasteiger partial charge in [-0.25, -0.2) is 0 Å². The smallest absolute Gasteiger partial charge is 0.119 e. The van der Waals surface area contributed by atoms with E-state index in [1.165, 1.54) is 0 Å². The predicted octanol–water partition coefficient (Wildman–Crippen LogP) is 2.78. The molecule has 0 radical (unpaired) electrons. The van der Waals surface area contributed by atoms with Gasteiger partial charge in [0.1, 0.15) is 5.75 Å². The average molecular weight is 246 g/mol. The third-order valence-corrected chi connectivity index (χ3v) is 2.67. The molecule has 3 N–H and O–H groups in total. The molecule has 0 saturated heterocycles. The summed E-state index contributed by atoms with van der Waals surface area (Å²) >= 11 is 0. The van der Waals surface area contributed by atoms with Crippen LogP contribution in [0.4, 0.5) is 0 Å². The summed E-state index contributed by atoms with van der Waals surface area (Å²) in [6.45, 7) is 4.69. The zero-order valence-electron chi connectivity index (χ0n) is 11.2. The number of ether oxygens (including phenoxy) is 1. The Morgan fingerprint density at radius 1 is 1.44 bits per heavy atom. The third kappa shape index (κ3) is 4.79. The predicted molar refractivity (Wildman–Crippen MR) is 75.0 cm³/mol. The molecule has 3 nitrogen and oxygen atoms in total. The number of hydrogen-bond acceptors (Lipinski definition) is 3. The normalized spacial score (nSPS) is 11.5. The van der Waals surface area contributed by atoms with E-state index in [2.05, 4.69) is 30.3 Å². The number of nitrogens with two attached hydrogens (primary N) is 1. The van der Waals surface area contributed by atoms with E-state index in [1.807, 2.05) is 25.1 Å². The molecular weight excluding hydrogens is 224 g/mol. The Morgan fingerprint density at radius 2 is 2.28 bits per heavy atom. The van der Waals surface area contributed by atoms with Crippen LogP contribution in [0.15, 0.2) is 24.3 Å². The molecule has 18 heavy (non-hydrogen) atoms. The van der Waals surface area contributed by atoms with E-state index in [9.17, 15) is 0 Å². The average Bonchev–Trinajstić information content (AvgIpc) is 2.42. The lowest BCUT2D eigenvalue weighted by atomic mass is 10.0. The summed E-state index contributed by atoms with van der Waals surface area (Å²) in [5.41, 5.74) is 3.98. The molecule has 3 heteroatoms. The second-order valence-electron chi connectivity index (χ2n) is 4.11. The molecule has 0 heterocycles. The molecule has 1 atom stereocenters. The number of nitrogens with one attached hydrogen (secondary N) is 1. The SMILES string of the molecule is CC#CCCC(NN)c1cccc(OCCC)c1. The van der Waals surface area contributed by atoms with Gasteiger partial charge < -0.3 is 4.74 Å². The first kappa shape index (κ1) is 14.6. The van der Waals surface area contributed by atoms with Crippen molar-refractivity contribution in [3.63, 3.8) is 0 Å². The second-order valence-corrected chi connectivity index (χ2v) is 4.11. The maximum Gasteiger partial charge on any atom is 0.119 e. The first-order valence-corrected chi connectivity index (χ1v) is 6.40. The summed E-state index contributed by atoms with van der Waals surface area (Å²) in [6.07, 6.45) is 2.74. The molecule has 0 saturated carbocycles. The van der Waals surface area contributed by atoms with Crippen LogP contribution in [0.1, 0.15) is 44.7 Å². The number of hydrogen-bond donors (Lipinski definition) is 2. The van der Waals surface area contributed by atoms with Crippen LogP contribution < -0.4 is 16.0 Å². The molecule has 1 aromatic rings. The minimum atomic E-state index is 0.121. The van der Waals surface area contributed by atoms with Crippen molar-refractivity contribution in [2.75, 3.05) is 6.61 Å². The lowest BCUT2D eigenvalue weighted by Gasteiger charge is -2.16. The summed E-state index contributed by atoms with van der Waals surface area (Å²) in [4.78, 5) is 0. The van der Waals surface area contributed by atoms with E-state index in [0.29, 0.717) is 0 Å². The van der Waals surface area contributed by atoms with Gasteiger partial charge in [-0.15, -0.1) is 11.8 Å². The van der Waals surface area contributed by atoms with Gasteiger partial charge in [0.25, 0.3) is 0 Å². The van der Waals surface area contributed by atoms with Crippen molar-refractivity contribution in [3.05, 3.63) is 29.8 Å². The molecule has 1 unspecified atom stereocenters. The quantitative estimate of drug-likeness (QED) is 0.442. The fourth-order valence-electron chi connectivity index (χ4n) is 1.73. The van der Waals surface area contributed by atoms with Crippen LogP contribution in [0.3, 0.4) is 0 Å². The first-order chi connectivity index (χ1) is 8.81. The van der Waals surface area contributed by atoms with E-state index in [1.54, 1.807) is 0 Å². The van der Waals surface area contributed by atoms with Crippen molar-refractivity contribution >= 4 is 0 Å². The van der Waals surface area contributed by atoms with Crippen LogP contribution in [0.2, 0.25) is 0 Å². The molecule has 0 bridgehead atoms. The molecule has 0 aliphatic heterocycles. The Morgan fingerprint density at radius 3 is 2.94 bits per heavy atom. The van der Waals surface area contributed by atoms with Crippen molar-refractivity contribution in [1.29, 1.82) is 0 Å². The van der Waals surface area contributed by atoms with Crippen LogP contribution in [-0.4, -0.2) is 6.61 Å². The van der Waals surface area contributed by atoms with Crippen LogP contribution >= 0.6 is 0 Å². The largest absolute Gasteiger partial charge is 0.494 e. The fourth-order valence-corrected chi connectivity index (χ4v) is 1.73. The van der Waals surface area contributed by atoms with Gasteiger partial charge in [0.2, 0.25) is 0 Å². The molecule has 0 aromatic heterocycles. The number of benzene rings is 1. The van der Waals surface area contributed by atoms with E-state index >= 15 is 0 Å². The highest BCUT2D eigenvalue weighted by Gasteiger charge is 2.09. The van der Waals surface area contributed by atoms with E-state index < -0.39 is 0 Å². The zero-order chi connectivity index (χ0) is 13.2. The lowest BCUT2D eigenvalue weighted by molar-refractivity contribution is 0.316. The Bertz CT molecular complexity index is 406. The molecule has 98 valence electrons. The Kier molecular flexibility index (Phi) is 6.93. The lowest BCUT2D eigenvalue weighted by Crippen LogP contribution is -2.27. The van der Waals surface area contributed by atoms with Gasteiger partial charge in [0, 0.05) is 12.5 Å². The molecule has 1 aromatic carbocycles. The van der Waals surface area contributed by atoms with Gasteiger partial charge in [-0.05, 0) is 37.5 Å². The van der Waals surface area contributed by atoms with Crippen LogP contribution in [-0.2, 0) is 0 Å².